The number of hydrogen-bond acceptors (Lipinski definition) is 3. The summed E-state index contributed by atoms with van der Waals surface area (Å²) in [5.74, 6) is 0.903. The quantitative estimate of drug-likeness (QED) is 0.764. The molecule has 0 aliphatic carbocycles. The van der Waals surface area contributed by atoms with Gasteiger partial charge in [0.1, 0.15) is 11.5 Å². The fourth-order valence-electron chi connectivity index (χ4n) is 2.34. The number of aliphatic hydroxyl groups is 1. The number of nitrogens with one attached hydrogen (secondary N) is 1. The van der Waals surface area contributed by atoms with Gasteiger partial charge >= 0.3 is 0 Å². The number of nitrogens with zero attached hydrogens (tertiary/aromatic N) is 2. The SMILES string of the molecule is CC(CO)(Nc1cccc2nccn12)c1ccccc1. The predicted molar refractivity (Wildman–Crippen MR) is 79.7 cm³/mol. The summed E-state index contributed by atoms with van der Waals surface area (Å²) in [6.07, 6.45) is 3.67. The van der Waals surface area contributed by atoms with E-state index in [1.54, 1.807) is 6.20 Å². The summed E-state index contributed by atoms with van der Waals surface area (Å²) in [6, 6.07) is 15.8. The third kappa shape index (κ3) is 2.14. The molecule has 2 N–H and O–H groups in total. The lowest BCUT2D eigenvalue weighted by molar-refractivity contribution is 0.223. The van der Waals surface area contributed by atoms with Crippen LogP contribution in [0.25, 0.3) is 5.65 Å². The number of hydrogen-bond donors (Lipinski definition) is 2. The van der Waals surface area contributed by atoms with Crippen LogP contribution in [0.15, 0.2) is 60.9 Å². The molecule has 1 unspecified atom stereocenters. The summed E-state index contributed by atoms with van der Waals surface area (Å²) >= 11 is 0. The monoisotopic (exact) mass is 267 g/mol. The van der Waals surface area contributed by atoms with Gasteiger partial charge in [-0.15, -0.1) is 0 Å². The van der Waals surface area contributed by atoms with E-state index in [2.05, 4.69) is 10.3 Å². The third-order valence-electron chi connectivity index (χ3n) is 3.56. The molecule has 0 fully saturated rings. The minimum Gasteiger partial charge on any atom is -0.394 e. The molecule has 102 valence electrons. The molecule has 1 atom stereocenters. The van der Waals surface area contributed by atoms with Gasteiger partial charge in [0.15, 0.2) is 0 Å². The Kier molecular flexibility index (Phi) is 3.16. The van der Waals surface area contributed by atoms with Gasteiger partial charge in [-0.3, -0.25) is 4.40 Å². The molecular weight excluding hydrogens is 250 g/mol. The van der Waals surface area contributed by atoms with Crippen molar-refractivity contribution in [2.75, 3.05) is 11.9 Å². The van der Waals surface area contributed by atoms with Crippen LogP contribution in [-0.2, 0) is 5.54 Å². The van der Waals surface area contributed by atoms with Crippen molar-refractivity contribution >= 4 is 11.5 Å². The molecular formula is C16H17N3O. The molecule has 4 nitrogen and oxygen atoms in total. The summed E-state index contributed by atoms with van der Waals surface area (Å²) in [5, 5.41) is 13.3. The van der Waals surface area contributed by atoms with Crippen LogP contribution in [0.4, 0.5) is 5.82 Å². The van der Waals surface area contributed by atoms with Crippen molar-refractivity contribution in [1.29, 1.82) is 0 Å². The summed E-state index contributed by atoms with van der Waals surface area (Å²) < 4.78 is 1.97. The van der Waals surface area contributed by atoms with Crippen LogP contribution in [-0.4, -0.2) is 21.1 Å². The number of aliphatic hydroxyl groups excluding tert-OH is 1. The van der Waals surface area contributed by atoms with Crippen molar-refractivity contribution < 1.29 is 5.11 Å². The van der Waals surface area contributed by atoms with E-state index in [9.17, 15) is 5.11 Å². The van der Waals surface area contributed by atoms with Gasteiger partial charge in [-0.1, -0.05) is 36.4 Å². The first-order chi connectivity index (χ1) is 9.73. The zero-order valence-corrected chi connectivity index (χ0v) is 11.3. The van der Waals surface area contributed by atoms with Gasteiger partial charge < -0.3 is 10.4 Å². The van der Waals surface area contributed by atoms with Crippen molar-refractivity contribution in [1.82, 2.24) is 9.38 Å². The molecule has 0 saturated carbocycles. The fourth-order valence-corrected chi connectivity index (χ4v) is 2.34. The molecule has 0 bridgehead atoms. The van der Waals surface area contributed by atoms with Gasteiger partial charge in [0.2, 0.25) is 0 Å². The second-order valence-corrected chi connectivity index (χ2v) is 5.05. The second kappa shape index (κ2) is 4.98. The average Bonchev–Trinajstić information content (AvgIpc) is 2.98. The summed E-state index contributed by atoms with van der Waals surface area (Å²) in [6.45, 7) is 1.99. The number of rotatable bonds is 4. The van der Waals surface area contributed by atoms with E-state index in [0.29, 0.717) is 0 Å². The molecule has 2 aromatic heterocycles. The Morgan fingerprint density at radius 1 is 1.15 bits per heavy atom. The highest BCUT2D eigenvalue weighted by Gasteiger charge is 2.26. The van der Waals surface area contributed by atoms with Crippen LogP contribution in [0.1, 0.15) is 12.5 Å². The van der Waals surface area contributed by atoms with Gasteiger partial charge in [-0.05, 0) is 24.6 Å². The molecule has 0 saturated heterocycles. The molecule has 0 spiro atoms. The molecule has 4 heteroatoms. The molecule has 3 aromatic rings. The number of imidazole rings is 1. The molecule has 0 amide bonds. The zero-order chi connectivity index (χ0) is 14.0. The van der Waals surface area contributed by atoms with Gasteiger partial charge in [-0.25, -0.2) is 4.98 Å². The zero-order valence-electron chi connectivity index (χ0n) is 11.3. The van der Waals surface area contributed by atoms with E-state index in [-0.39, 0.29) is 6.61 Å². The Labute approximate surface area is 117 Å². The van der Waals surface area contributed by atoms with Crippen LogP contribution >= 0.6 is 0 Å². The van der Waals surface area contributed by atoms with Crippen LogP contribution in [0, 0.1) is 0 Å². The summed E-state index contributed by atoms with van der Waals surface area (Å²) in [7, 11) is 0. The first-order valence-electron chi connectivity index (χ1n) is 6.60. The largest absolute Gasteiger partial charge is 0.394 e. The Hall–Kier alpha value is -2.33. The average molecular weight is 267 g/mol. The van der Waals surface area contributed by atoms with Gasteiger partial charge in [0.25, 0.3) is 0 Å². The number of benzene rings is 1. The first kappa shape index (κ1) is 12.7. The highest BCUT2D eigenvalue weighted by Crippen LogP contribution is 2.26. The number of fused-ring (bicyclic) bond motifs is 1. The second-order valence-electron chi connectivity index (χ2n) is 5.05. The lowest BCUT2D eigenvalue weighted by Crippen LogP contribution is -2.36. The minimum absolute atomic E-state index is 0.00208. The van der Waals surface area contributed by atoms with E-state index in [1.807, 2.05) is 66.1 Å². The standard InChI is InChI=1S/C16H17N3O/c1-16(12-20,13-6-3-2-4-7-13)18-15-9-5-8-14-17-10-11-19(14)15/h2-11,18,20H,12H2,1H3. The normalized spacial score (nSPS) is 14.1. The van der Waals surface area contributed by atoms with Crippen LogP contribution in [0.5, 0.6) is 0 Å². The lowest BCUT2D eigenvalue weighted by atomic mass is 9.93. The Bertz CT molecular complexity index is 708. The molecule has 1 aromatic carbocycles. The van der Waals surface area contributed by atoms with E-state index in [0.717, 1.165) is 17.0 Å². The van der Waals surface area contributed by atoms with Crippen LogP contribution in [0.3, 0.4) is 0 Å². The fraction of sp³-hybridized carbons (Fsp3) is 0.188. The highest BCUT2D eigenvalue weighted by molar-refractivity contribution is 5.52. The van der Waals surface area contributed by atoms with Crippen molar-refractivity contribution in [3.63, 3.8) is 0 Å². The van der Waals surface area contributed by atoms with Crippen LogP contribution < -0.4 is 5.32 Å². The van der Waals surface area contributed by atoms with Crippen molar-refractivity contribution in [3.8, 4) is 0 Å². The highest BCUT2D eigenvalue weighted by atomic mass is 16.3. The minimum atomic E-state index is -0.542. The lowest BCUT2D eigenvalue weighted by Gasteiger charge is -2.30. The van der Waals surface area contributed by atoms with Crippen molar-refractivity contribution in [2.45, 2.75) is 12.5 Å². The molecule has 2 heterocycles. The summed E-state index contributed by atoms with van der Waals surface area (Å²) in [5.41, 5.74) is 1.38. The number of aromatic nitrogens is 2. The van der Waals surface area contributed by atoms with E-state index in [1.165, 1.54) is 0 Å². The molecule has 20 heavy (non-hydrogen) atoms. The van der Waals surface area contributed by atoms with Gasteiger partial charge in [0.05, 0.1) is 12.1 Å². The molecule has 0 radical (unpaired) electrons. The van der Waals surface area contributed by atoms with Crippen molar-refractivity contribution in [2.24, 2.45) is 0 Å². The Morgan fingerprint density at radius 3 is 2.70 bits per heavy atom. The maximum absolute atomic E-state index is 9.84. The third-order valence-corrected chi connectivity index (χ3v) is 3.56. The Balaban J connectivity index is 2.01. The predicted octanol–water partition coefficient (Wildman–Crippen LogP) is 2.65. The maximum atomic E-state index is 9.84. The molecule has 0 aliphatic rings. The Morgan fingerprint density at radius 2 is 1.95 bits per heavy atom. The molecule has 3 rings (SSSR count). The van der Waals surface area contributed by atoms with E-state index < -0.39 is 5.54 Å². The molecule has 0 aliphatic heterocycles. The van der Waals surface area contributed by atoms with Crippen LogP contribution in [0.2, 0.25) is 0 Å². The van der Waals surface area contributed by atoms with Crippen molar-refractivity contribution in [3.05, 3.63) is 66.5 Å². The van der Waals surface area contributed by atoms with E-state index in [4.69, 9.17) is 0 Å². The number of pyridine rings is 1. The van der Waals surface area contributed by atoms with Gasteiger partial charge in [0, 0.05) is 12.4 Å². The van der Waals surface area contributed by atoms with Gasteiger partial charge in [-0.2, -0.15) is 0 Å². The smallest absolute Gasteiger partial charge is 0.138 e. The summed E-state index contributed by atoms with van der Waals surface area (Å²) in [4.78, 5) is 4.27. The maximum Gasteiger partial charge on any atom is 0.138 e. The first-order valence-corrected chi connectivity index (χ1v) is 6.60. The number of anilines is 1. The topological polar surface area (TPSA) is 49.6 Å². The van der Waals surface area contributed by atoms with E-state index >= 15 is 0 Å².